The van der Waals surface area contributed by atoms with Crippen LogP contribution in [-0.4, -0.2) is 33.8 Å². The average molecular weight is 236 g/mol. The van der Waals surface area contributed by atoms with Crippen molar-refractivity contribution in [3.8, 4) is 0 Å². The second kappa shape index (κ2) is 4.87. The van der Waals surface area contributed by atoms with Crippen LogP contribution < -0.4 is 10.6 Å². The Morgan fingerprint density at radius 3 is 2.47 bits per heavy atom. The number of hydrogen-bond acceptors (Lipinski definition) is 5. The maximum atomic E-state index is 9.99. The third kappa shape index (κ3) is 3.06. The van der Waals surface area contributed by atoms with Crippen molar-refractivity contribution in [2.45, 2.75) is 38.7 Å². The molecular formula is C12H20N4O. The number of anilines is 2. The second-order valence-electron chi connectivity index (χ2n) is 4.65. The van der Waals surface area contributed by atoms with Crippen LogP contribution in [0.5, 0.6) is 0 Å². The number of nitrogens with zero attached hydrogens (tertiary/aromatic N) is 2. The van der Waals surface area contributed by atoms with Crippen LogP contribution in [-0.2, 0) is 0 Å². The van der Waals surface area contributed by atoms with Crippen molar-refractivity contribution < 1.29 is 5.11 Å². The van der Waals surface area contributed by atoms with Gasteiger partial charge in [-0.1, -0.05) is 0 Å². The van der Waals surface area contributed by atoms with E-state index in [4.69, 9.17) is 0 Å². The minimum atomic E-state index is -0.531. The van der Waals surface area contributed by atoms with E-state index in [2.05, 4.69) is 20.6 Å². The topological polar surface area (TPSA) is 70.1 Å². The zero-order valence-electron chi connectivity index (χ0n) is 10.5. The molecule has 0 atom stereocenters. The second-order valence-corrected chi connectivity index (χ2v) is 4.65. The number of nitrogens with one attached hydrogen (secondary N) is 2. The van der Waals surface area contributed by atoms with Gasteiger partial charge in [0.1, 0.15) is 17.5 Å². The third-order valence-corrected chi connectivity index (χ3v) is 3.08. The van der Waals surface area contributed by atoms with Crippen molar-refractivity contribution in [2.24, 2.45) is 0 Å². The van der Waals surface area contributed by atoms with Gasteiger partial charge >= 0.3 is 0 Å². The Hall–Kier alpha value is -1.36. The molecule has 1 aromatic rings. The Balaban J connectivity index is 1.99. The summed E-state index contributed by atoms with van der Waals surface area (Å²) in [6.45, 7) is 5.29. The number of aryl methyl sites for hydroxylation is 1. The molecule has 0 aliphatic heterocycles. The highest BCUT2D eigenvalue weighted by Gasteiger charge is 2.34. The first-order valence-electron chi connectivity index (χ1n) is 6.17. The van der Waals surface area contributed by atoms with Crippen LogP contribution in [0.15, 0.2) is 6.07 Å². The van der Waals surface area contributed by atoms with Crippen molar-refractivity contribution in [3.05, 3.63) is 11.9 Å². The van der Waals surface area contributed by atoms with E-state index >= 15 is 0 Å². The molecule has 94 valence electrons. The van der Waals surface area contributed by atoms with E-state index in [1.807, 2.05) is 19.9 Å². The van der Waals surface area contributed by atoms with Gasteiger partial charge in [0.15, 0.2) is 0 Å². The summed E-state index contributed by atoms with van der Waals surface area (Å²) < 4.78 is 0. The molecule has 1 saturated carbocycles. The van der Waals surface area contributed by atoms with Crippen LogP contribution in [0.2, 0.25) is 0 Å². The summed E-state index contributed by atoms with van der Waals surface area (Å²) >= 11 is 0. The van der Waals surface area contributed by atoms with E-state index in [1.54, 1.807) is 0 Å². The maximum absolute atomic E-state index is 9.99. The molecule has 5 heteroatoms. The van der Waals surface area contributed by atoms with E-state index in [1.165, 1.54) is 0 Å². The van der Waals surface area contributed by atoms with E-state index in [9.17, 15) is 5.11 Å². The molecule has 0 aromatic carbocycles. The largest absolute Gasteiger partial charge is 0.388 e. The molecule has 0 spiro atoms. The number of hydrogen-bond donors (Lipinski definition) is 3. The summed E-state index contributed by atoms with van der Waals surface area (Å²) in [5.74, 6) is 2.32. The summed E-state index contributed by atoms with van der Waals surface area (Å²) in [7, 11) is 0. The Morgan fingerprint density at radius 2 is 1.94 bits per heavy atom. The molecule has 0 saturated heterocycles. The van der Waals surface area contributed by atoms with Crippen LogP contribution in [0.3, 0.4) is 0 Å². The van der Waals surface area contributed by atoms with Gasteiger partial charge in [-0.25, -0.2) is 9.97 Å². The maximum Gasteiger partial charge on any atom is 0.131 e. The lowest BCUT2D eigenvalue weighted by molar-refractivity contribution is -0.0202. The first kappa shape index (κ1) is 12.1. The third-order valence-electron chi connectivity index (χ3n) is 3.08. The van der Waals surface area contributed by atoms with Crippen LogP contribution in [0.4, 0.5) is 11.6 Å². The lowest BCUT2D eigenvalue weighted by Gasteiger charge is -2.36. The Kier molecular flexibility index (Phi) is 3.47. The first-order valence-corrected chi connectivity index (χ1v) is 6.17. The molecule has 1 fully saturated rings. The molecular weight excluding hydrogens is 216 g/mol. The van der Waals surface area contributed by atoms with Gasteiger partial charge in [-0.15, -0.1) is 0 Å². The van der Waals surface area contributed by atoms with Crippen molar-refractivity contribution in [2.75, 3.05) is 23.7 Å². The molecule has 1 aromatic heterocycles. The van der Waals surface area contributed by atoms with Gasteiger partial charge in [0.2, 0.25) is 0 Å². The summed E-state index contributed by atoms with van der Waals surface area (Å²) in [5.41, 5.74) is -0.531. The number of aromatic nitrogens is 2. The monoisotopic (exact) mass is 236 g/mol. The highest BCUT2D eigenvalue weighted by atomic mass is 16.3. The minimum Gasteiger partial charge on any atom is -0.388 e. The number of aliphatic hydroxyl groups is 1. The summed E-state index contributed by atoms with van der Waals surface area (Å²) in [5, 5.41) is 16.3. The Labute approximate surface area is 102 Å². The van der Waals surface area contributed by atoms with Crippen molar-refractivity contribution in [1.82, 2.24) is 9.97 Å². The molecule has 1 heterocycles. The molecule has 1 aliphatic carbocycles. The highest BCUT2D eigenvalue weighted by Crippen LogP contribution is 2.31. The van der Waals surface area contributed by atoms with E-state index in [-0.39, 0.29) is 0 Å². The normalized spacial score (nSPS) is 17.4. The van der Waals surface area contributed by atoms with Gasteiger partial charge in [-0.2, -0.15) is 0 Å². The fraction of sp³-hybridized carbons (Fsp3) is 0.667. The lowest BCUT2D eigenvalue weighted by Crippen LogP contribution is -2.43. The van der Waals surface area contributed by atoms with E-state index in [0.717, 1.165) is 43.3 Å². The van der Waals surface area contributed by atoms with Crippen LogP contribution in [0, 0.1) is 6.92 Å². The van der Waals surface area contributed by atoms with E-state index in [0.29, 0.717) is 6.54 Å². The van der Waals surface area contributed by atoms with Crippen LogP contribution >= 0.6 is 0 Å². The van der Waals surface area contributed by atoms with Crippen LogP contribution in [0.25, 0.3) is 0 Å². The Morgan fingerprint density at radius 1 is 1.29 bits per heavy atom. The fourth-order valence-electron chi connectivity index (χ4n) is 1.95. The first-order chi connectivity index (χ1) is 8.11. The van der Waals surface area contributed by atoms with Gasteiger partial charge in [0.25, 0.3) is 0 Å². The van der Waals surface area contributed by atoms with Crippen molar-refractivity contribution >= 4 is 11.6 Å². The van der Waals surface area contributed by atoms with Gasteiger partial charge in [0.05, 0.1) is 5.60 Å². The molecule has 1 aliphatic rings. The minimum absolute atomic E-state index is 0.531. The quantitative estimate of drug-likeness (QED) is 0.723. The average Bonchev–Trinajstić information content (AvgIpc) is 2.23. The molecule has 17 heavy (non-hydrogen) atoms. The fourth-order valence-corrected chi connectivity index (χ4v) is 1.95. The highest BCUT2D eigenvalue weighted by molar-refractivity contribution is 5.47. The smallest absolute Gasteiger partial charge is 0.131 e. The Bertz CT molecular complexity index is 390. The van der Waals surface area contributed by atoms with Gasteiger partial charge in [0, 0.05) is 19.2 Å². The SMILES string of the molecule is CCNc1cc(NCC2(O)CCC2)nc(C)n1. The van der Waals surface area contributed by atoms with E-state index < -0.39 is 5.60 Å². The number of rotatable bonds is 5. The van der Waals surface area contributed by atoms with Crippen LogP contribution in [0.1, 0.15) is 32.0 Å². The molecule has 0 unspecified atom stereocenters. The zero-order valence-corrected chi connectivity index (χ0v) is 10.5. The molecule has 3 N–H and O–H groups in total. The van der Waals surface area contributed by atoms with Crippen molar-refractivity contribution in [1.29, 1.82) is 0 Å². The standard InChI is InChI=1S/C12H20N4O/c1-3-13-10-7-11(16-9(2)15-10)14-8-12(17)5-4-6-12/h7,17H,3-6,8H2,1-2H3,(H2,13,14,15,16). The molecule has 0 bridgehead atoms. The molecule has 0 radical (unpaired) electrons. The van der Waals surface area contributed by atoms with Gasteiger partial charge in [-0.05, 0) is 33.1 Å². The predicted molar refractivity (Wildman–Crippen MR) is 68.2 cm³/mol. The van der Waals surface area contributed by atoms with Gasteiger partial charge < -0.3 is 15.7 Å². The van der Waals surface area contributed by atoms with Crippen molar-refractivity contribution in [3.63, 3.8) is 0 Å². The summed E-state index contributed by atoms with van der Waals surface area (Å²) in [6, 6.07) is 1.87. The predicted octanol–water partition coefficient (Wildman–Crippen LogP) is 1.54. The molecule has 0 amide bonds. The van der Waals surface area contributed by atoms with Gasteiger partial charge in [-0.3, -0.25) is 0 Å². The molecule has 2 rings (SSSR count). The molecule has 5 nitrogen and oxygen atoms in total. The summed E-state index contributed by atoms with van der Waals surface area (Å²) in [4.78, 5) is 8.58. The summed E-state index contributed by atoms with van der Waals surface area (Å²) in [6.07, 6.45) is 2.87. The lowest BCUT2D eigenvalue weighted by atomic mass is 9.80. The zero-order chi connectivity index (χ0) is 12.3.